The molecule has 2 amide bonds. The Hall–Kier alpha value is -3.63. The third-order valence-electron chi connectivity index (χ3n) is 8.30. The molecule has 3 heterocycles. The van der Waals surface area contributed by atoms with Gasteiger partial charge in [0.1, 0.15) is 5.82 Å². The van der Waals surface area contributed by atoms with Crippen molar-refractivity contribution in [3.05, 3.63) is 42.2 Å². The van der Waals surface area contributed by atoms with Crippen LogP contribution in [0.5, 0.6) is 0 Å². The number of imidazole rings is 1. The van der Waals surface area contributed by atoms with Crippen LogP contribution in [0.4, 0.5) is 22.4 Å². The first-order valence-electron chi connectivity index (χ1n) is 14.1. The van der Waals surface area contributed by atoms with Crippen molar-refractivity contribution in [2.45, 2.75) is 101 Å². The van der Waals surface area contributed by atoms with E-state index in [4.69, 9.17) is 0 Å². The van der Waals surface area contributed by atoms with Crippen LogP contribution in [0, 0.1) is 6.92 Å². The highest BCUT2D eigenvalue weighted by Gasteiger charge is 2.32. The van der Waals surface area contributed by atoms with Crippen molar-refractivity contribution in [1.29, 1.82) is 0 Å². The molecule has 3 aliphatic rings. The van der Waals surface area contributed by atoms with Crippen LogP contribution in [0.15, 0.2) is 30.9 Å². The summed E-state index contributed by atoms with van der Waals surface area (Å²) >= 11 is 0. The van der Waals surface area contributed by atoms with Crippen molar-refractivity contribution in [3.63, 3.8) is 0 Å². The van der Waals surface area contributed by atoms with Gasteiger partial charge in [0, 0.05) is 54.2 Å². The Labute approximate surface area is 223 Å². The monoisotopic (exact) mass is 518 g/mol. The minimum atomic E-state index is -0.0526. The molecule has 11 nitrogen and oxygen atoms in total. The van der Waals surface area contributed by atoms with Gasteiger partial charge >= 0.3 is 6.03 Å². The summed E-state index contributed by atoms with van der Waals surface area (Å²) in [6.07, 6.45) is 16.5. The molecule has 0 unspecified atom stereocenters. The second kappa shape index (κ2) is 11.0. The van der Waals surface area contributed by atoms with Crippen molar-refractivity contribution < 1.29 is 4.79 Å². The average molecular weight is 519 g/mol. The van der Waals surface area contributed by atoms with Crippen LogP contribution in [-0.2, 0) is 0 Å². The van der Waals surface area contributed by atoms with Gasteiger partial charge in [-0.05, 0) is 64.4 Å². The number of carbonyl (C=O) groups is 1. The van der Waals surface area contributed by atoms with Gasteiger partial charge < -0.3 is 25.8 Å². The largest absolute Gasteiger partial charge is 0.351 e. The van der Waals surface area contributed by atoms with E-state index < -0.39 is 0 Å². The van der Waals surface area contributed by atoms with Crippen LogP contribution in [-0.4, -0.2) is 53.9 Å². The van der Waals surface area contributed by atoms with Crippen LogP contribution in [0.3, 0.4) is 0 Å². The van der Waals surface area contributed by atoms with Gasteiger partial charge in [0.25, 0.3) is 0 Å². The number of carbonyl (C=O) groups excluding carboxylic acids is 1. The number of nitrogens with zero attached hydrogens (tertiary/aromatic N) is 5. The molecule has 3 aromatic rings. The first-order valence-corrected chi connectivity index (χ1v) is 14.1. The highest BCUT2D eigenvalue weighted by atomic mass is 16.2. The number of H-pyrrole nitrogens is 1. The second-order valence-corrected chi connectivity index (χ2v) is 11.2. The van der Waals surface area contributed by atoms with E-state index >= 15 is 0 Å². The zero-order valence-corrected chi connectivity index (χ0v) is 22.0. The van der Waals surface area contributed by atoms with E-state index in [9.17, 15) is 4.79 Å². The number of hydrogen-bond acceptors (Lipinski definition) is 7. The number of rotatable bonds is 8. The molecule has 0 spiro atoms. The lowest BCUT2D eigenvalue weighted by Gasteiger charge is -2.37. The second-order valence-electron chi connectivity index (χ2n) is 11.2. The van der Waals surface area contributed by atoms with E-state index in [1.807, 2.05) is 19.3 Å². The number of urea groups is 1. The summed E-state index contributed by atoms with van der Waals surface area (Å²) in [6, 6.07) is 5.06. The topological polar surface area (TPSA) is 137 Å². The maximum absolute atomic E-state index is 12.5. The standard InChI is InChI=1S/C27H38N10O/c1-17-15-37(16-29-17)22-12-21(13-22)32-27(38)31-20-8-6-19(7-9-20)30-26-28-11-10-24(34-26)33-25-14-23(35-36-25)18-4-2-3-5-18/h10-11,14-16,18-22H,2-9,12-13H2,1H3,(H2,31,32,38)(H3,28,30,33,34,35,36). The van der Waals surface area contributed by atoms with Gasteiger partial charge in [-0.3, -0.25) is 5.10 Å². The highest BCUT2D eigenvalue weighted by molar-refractivity contribution is 5.74. The van der Waals surface area contributed by atoms with E-state index in [-0.39, 0.29) is 24.2 Å². The zero-order chi connectivity index (χ0) is 25.9. The van der Waals surface area contributed by atoms with E-state index in [0.29, 0.717) is 17.9 Å². The number of aryl methyl sites for hydroxylation is 1. The van der Waals surface area contributed by atoms with E-state index in [1.54, 1.807) is 6.20 Å². The molecule has 3 saturated carbocycles. The van der Waals surface area contributed by atoms with Crippen molar-refractivity contribution in [3.8, 4) is 0 Å². The Bertz CT molecular complexity index is 1220. The van der Waals surface area contributed by atoms with Crippen LogP contribution in [0.1, 0.15) is 87.6 Å². The summed E-state index contributed by atoms with van der Waals surface area (Å²) in [6.45, 7) is 2.00. The smallest absolute Gasteiger partial charge is 0.315 e. The SMILES string of the molecule is Cc1cn(C2CC(NC(=O)NC3CCC(Nc4nccc(Nc5cc(C6CCCC6)[nH]n5)n4)CC3)C2)cn1. The maximum Gasteiger partial charge on any atom is 0.315 e. The molecule has 0 saturated heterocycles. The summed E-state index contributed by atoms with van der Waals surface area (Å²) in [5.74, 6) is 2.72. The van der Waals surface area contributed by atoms with Crippen LogP contribution < -0.4 is 21.3 Å². The number of anilines is 3. The first-order chi connectivity index (χ1) is 18.6. The zero-order valence-electron chi connectivity index (χ0n) is 22.0. The molecule has 11 heteroatoms. The molecular weight excluding hydrogens is 480 g/mol. The molecular formula is C27H38N10O. The van der Waals surface area contributed by atoms with Gasteiger partial charge in [-0.25, -0.2) is 14.8 Å². The molecule has 0 radical (unpaired) electrons. The number of amides is 2. The van der Waals surface area contributed by atoms with Gasteiger partial charge in [0.15, 0.2) is 5.82 Å². The van der Waals surface area contributed by atoms with Crippen LogP contribution >= 0.6 is 0 Å². The lowest BCUT2D eigenvalue weighted by Crippen LogP contribution is -2.51. The summed E-state index contributed by atoms with van der Waals surface area (Å²) in [4.78, 5) is 25.9. The van der Waals surface area contributed by atoms with E-state index in [1.165, 1.54) is 31.4 Å². The van der Waals surface area contributed by atoms with Gasteiger partial charge in [0.2, 0.25) is 5.95 Å². The summed E-state index contributed by atoms with van der Waals surface area (Å²) in [5.41, 5.74) is 2.24. The molecule has 0 atom stereocenters. The van der Waals surface area contributed by atoms with Crippen LogP contribution in [0.25, 0.3) is 0 Å². The lowest BCUT2D eigenvalue weighted by molar-refractivity contribution is 0.198. The Morgan fingerprint density at radius 3 is 2.50 bits per heavy atom. The molecule has 3 fully saturated rings. The van der Waals surface area contributed by atoms with Crippen molar-refractivity contribution >= 4 is 23.6 Å². The minimum Gasteiger partial charge on any atom is -0.351 e. The summed E-state index contributed by atoms with van der Waals surface area (Å²) < 4.78 is 2.15. The predicted molar refractivity (Wildman–Crippen MR) is 145 cm³/mol. The van der Waals surface area contributed by atoms with E-state index in [2.05, 4.69) is 63.2 Å². The molecule has 3 aliphatic carbocycles. The quantitative estimate of drug-likeness (QED) is 0.295. The Balaban J connectivity index is 0.916. The minimum absolute atomic E-state index is 0.0526. The maximum atomic E-state index is 12.5. The fourth-order valence-electron chi connectivity index (χ4n) is 6.04. The van der Waals surface area contributed by atoms with E-state index in [0.717, 1.165) is 55.9 Å². The Morgan fingerprint density at radius 1 is 0.974 bits per heavy atom. The van der Waals surface area contributed by atoms with Gasteiger partial charge in [-0.2, -0.15) is 10.1 Å². The van der Waals surface area contributed by atoms with Gasteiger partial charge in [-0.1, -0.05) is 12.8 Å². The molecule has 0 aliphatic heterocycles. The number of aromatic nitrogens is 6. The third kappa shape index (κ3) is 5.92. The molecule has 3 aromatic heterocycles. The Kier molecular flexibility index (Phi) is 7.15. The van der Waals surface area contributed by atoms with Gasteiger partial charge in [0.05, 0.1) is 12.0 Å². The lowest BCUT2D eigenvalue weighted by atomic mass is 9.86. The fraction of sp³-hybridized carbons (Fsp3) is 0.593. The van der Waals surface area contributed by atoms with Crippen LogP contribution in [0.2, 0.25) is 0 Å². The van der Waals surface area contributed by atoms with Crippen molar-refractivity contribution in [2.75, 3.05) is 10.6 Å². The average Bonchev–Trinajstić information content (AvgIpc) is 3.65. The highest BCUT2D eigenvalue weighted by Crippen LogP contribution is 2.34. The third-order valence-corrected chi connectivity index (χ3v) is 8.30. The molecule has 38 heavy (non-hydrogen) atoms. The number of aromatic amines is 1. The fourth-order valence-corrected chi connectivity index (χ4v) is 6.04. The molecule has 6 rings (SSSR count). The molecule has 5 N–H and O–H groups in total. The normalized spacial score (nSPS) is 25.5. The number of nitrogens with one attached hydrogen (secondary N) is 5. The summed E-state index contributed by atoms with van der Waals surface area (Å²) in [5, 5.41) is 20.7. The van der Waals surface area contributed by atoms with Gasteiger partial charge in [-0.15, -0.1) is 0 Å². The van der Waals surface area contributed by atoms with Crippen molar-refractivity contribution in [1.82, 2.24) is 40.3 Å². The molecule has 0 aromatic carbocycles. The first kappa shape index (κ1) is 24.7. The van der Waals surface area contributed by atoms with Crippen molar-refractivity contribution in [2.24, 2.45) is 0 Å². The summed E-state index contributed by atoms with van der Waals surface area (Å²) in [7, 11) is 0. The molecule has 202 valence electrons. The molecule has 0 bridgehead atoms. The predicted octanol–water partition coefficient (Wildman–Crippen LogP) is 4.53. The Morgan fingerprint density at radius 2 is 1.74 bits per heavy atom. The number of hydrogen-bond donors (Lipinski definition) is 5.